The van der Waals surface area contributed by atoms with Crippen LogP contribution in [0, 0.1) is 13.8 Å². The molecule has 3 N–H and O–H groups in total. The SMILES string of the molecule is Cc1ccc(NS(=O)(=O)c2cc(N)cs2)cc1C. The highest BCUT2D eigenvalue weighted by atomic mass is 32.2. The number of nitrogens with two attached hydrogens (primary N) is 1. The summed E-state index contributed by atoms with van der Waals surface area (Å²) >= 11 is 1.11. The van der Waals surface area contributed by atoms with Crippen LogP contribution in [0.3, 0.4) is 0 Å². The van der Waals surface area contributed by atoms with E-state index in [-0.39, 0.29) is 4.21 Å². The first-order chi connectivity index (χ1) is 8.38. The largest absolute Gasteiger partial charge is 0.398 e. The second-order valence-electron chi connectivity index (χ2n) is 4.10. The van der Waals surface area contributed by atoms with Crippen molar-refractivity contribution in [3.63, 3.8) is 0 Å². The Kier molecular flexibility index (Phi) is 3.32. The third-order valence-electron chi connectivity index (χ3n) is 2.62. The number of nitrogen functional groups attached to an aromatic ring is 1. The van der Waals surface area contributed by atoms with Crippen LogP contribution in [0.1, 0.15) is 11.1 Å². The first kappa shape index (κ1) is 12.9. The standard InChI is InChI=1S/C12H14N2O2S2/c1-8-3-4-11(5-9(8)2)14-18(15,16)12-6-10(13)7-17-12/h3-7,14H,13H2,1-2H3. The van der Waals surface area contributed by atoms with E-state index in [2.05, 4.69) is 4.72 Å². The Morgan fingerprint density at radius 3 is 2.44 bits per heavy atom. The molecule has 2 rings (SSSR count). The van der Waals surface area contributed by atoms with E-state index >= 15 is 0 Å². The van der Waals surface area contributed by atoms with Gasteiger partial charge in [-0.3, -0.25) is 4.72 Å². The van der Waals surface area contributed by atoms with Gasteiger partial charge in [0.15, 0.2) is 0 Å². The zero-order valence-corrected chi connectivity index (χ0v) is 11.7. The molecule has 2 aromatic rings. The van der Waals surface area contributed by atoms with Crippen molar-refractivity contribution in [3.05, 3.63) is 40.8 Å². The molecule has 0 radical (unpaired) electrons. The van der Waals surface area contributed by atoms with Gasteiger partial charge in [0.05, 0.1) is 0 Å². The maximum atomic E-state index is 12.1. The average Bonchev–Trinajstić information content (AvgIpc) is 2.71. The van der Waals surface area contributed by atoms with Crippen LogP contribution in [0.4, 0.5) is 11.4 Å². The number of thiophene rings is 1. The van der Waals surface area contributed by atoms with E-state index in [9.17, 15) is 8.42 Å². The van der Waals surface area contributed by atoms with E-state index in [1.165, 1.54) is 6.07 Å². The summed E-state index contributed by atoms with van der Waals surface area (Å²) < 4.78 is 26.9. The lowest BCUT2D eigenvalue weighted by Gasteiger charge is -2.08. The van der Waals surface area contributed by atoms with Crippen molar-refractivity contribution in [1.82, 2.24) is 0 Å². The van der Waals surface area contributed by atoms with Crippen LogP contribution in [0.2, 0.25) is 0 Å². The molecular formula is C12H14N2O2S2. The fourth-order valence-corrected chi connectivity index (χ4v) is 3.61. The van der Waals surface area contributed by atoms with Crippen molar-refractivity contribution >= 4 is 32.7 Å². The Balaban J connectivity index is 2.30. The Hall–Kier alpha value is -1.53. The maximum Gasteiger partial charge on any atom is 0.271 e. The van der Waals surface area contributed by atoms with E-state index < -0.39 is 10.0 Å². The van der Waals surface area contributed by atoms with E-state index in [4.69, 9.17) is 5.73 Å². The smallest absolute Gasteiger partial charge is 0.271 e. The minimum Gasteiger partial charge on any atom is -0.398 e. The van der Waals surface area contributed by atoms with Gasteiger partial charge < -0.3 is 5.73 Å². The Bertz CT molecular complexity index is 675. The zero-order valence-electron chi connectivity index (χ0n) is 10.1. The molecule has 0 fully saturated rings. The predicted molar refractivity (Wildman–Crippen MR) is 75.5 cm³/mol. The number of rotatable bonds is 3. The molecule has 0 aliphatic carbocycles. The van der Waals surface area contributed by atoms with Gasteiger partial charge in [0.2, 0.25) is 0 Å². The highest BCUT2D eigenvalue weighted by molar-refractivity contribution is 7.94. The lowest BCUT2D eigenvalue weighted by molar-refractivity contribution is 0.603. The highest BCUT2D eigenvalue weighted by Gasteiger charge is 2.16. The summed E-state index contributed by atoms with van der Waals surface area (Å²) in [6.07, 6.45) is 0. The Morgan fingerprint density at radius 2 is 1.89 bits per heavy atom. The molecule has 0 unspecified atom stereocenters. The number of hydrogen-bond donors (Lipinski definition) is 2. The van der Waals surface area contributed by atoms with Crippen LogP contribution in [-0.4, -0.2) is 8.42 Å². The molecule has 0 atom stereocenters. The van der Waals surface area contributed by atoms with Crippen molar-refractivity contribution in [2.45, 2.75) is 18.1 Å². The van der Waals surface area contributed by atoms with E-state index in [0.717, 1.165) is 22.5 Å². The summed E-state index contributed by atoms with van der Waals surface area (Å²) in [4.78, 5) is 0. The molecule has 0 amide bonds. The number of anilines is 2. The summed E-state index contributed by atoms with van der Waals surface area (Å²) in [7, 11) is -3.53. The van der Waals surface area contributed by atoms with Gasteiger partial charge in [-0.1, -0.05) is 6.07 Å². The molecule has 1 heterocycles. The molecule has 18 heavy (non-hydrogen) atoms. The van der Waals surface area contributed by atoms with Gasteiger partial charge in [-0.25, -0.2) is 8.42 Å². The van der Waals surface area contributed by atoms with Gasteiger partial charge in [-0.15, -0.1) is 11.3 Å². The van der Waals surface area contributed by atoms with Crippen molar-refractivity contribution in [3.8, 4) is 0 Å². The minimum absolute atomic E-state index is 0.221. The maximum absolute atomic E-state index is 12.1. The van der Waals surface area contributed by atoms with Crippen molar-refractivity contribution in [2.24, 2.45) is 0 Å². The number of benzene rings is 1. The monoisotopic (exact) mass is 282 g/mol. The molecule has 1 aromatic heterocycles. The number of nitrogens with one attached hydrogen (secondary N) is 1. The first-order valence-corrected chi connectivity index (χ1v) is 7.69. The van der Waals surface area contributed by atoms with Crippen molar-refractivity contribution < 1.29 is 8.42 Å². The topological polar surface area (TPSA) is 72.2 Å². The molecule has 6 heteroatoms. The zero-order chi connectivity index (χ0) is 13.3. The summed E-state index contributed by atoms with van der Waals surface area (Å²) in [5.74, 6) is 0. The summed E-state index contributed by atoms with van der Waals surface area (Å²) in [6, 6.07) is 6.89. The fraction of sp³-hybridized carbons (Fsp3) is 0.167. The molecule has 0 saturated heterocycles. The van der Waals surface area contributed by atoms with Crippen LogP contribution in [0.15, 0.2) is 33.9 Å². The van der Waals surface area contributed by atoms with Crippen LogP contribution >= 0.6 is 11.3 Å². The quantitative estimate of drug-likeness (QED) is 0.909. The van der Waals surface area contributed by atoms with Crippen LogP contribution in [0.25, 0.3) is 0 Å². The molecule has 96 valence electrons. The molecule has 4 nitrogen and oxygen atoms in total. The normalized spacial score (nSPS) is 11.4. The number of sulfonamides is 1. The summed E-state index contributed by atoms with van der Waals surface area (Å²) in [6.45, 7) is 3.92. The first-order valence-electron chi connectivity index (χ1n) is 5.32. The molecule has 0 saturated carbocycles. The summed E-state index contributed by atoms with van der Waals surface area (Å²) in [5.41, 5.74) is 8.72. The van der Waals surface area contributed by atoms with Crippen molar-refractivity contribution in [1.29, 1.82) is 0 Å². The molecule has 0 aliphatic heterocycles. The predicted octanol–water partition coefficient (Wildman–Crippen LogP) is 2.75. The number of aryl methyl sites for hydroxylation is 2. The average molecular weight is 282 g/mol. The second kappa shape index (κ2) is 4.62. The molecular weight excluding hydrogens is 268 g/mol. The van der Waals surface area contributed by atoms with Gasteiger partial charge in [0.25, 0.3) is 10.0 Å². The number of hydrogen-bond acceptors (Lipinski definition) is 4. The van der Waals surface area contributed by atoms with E-state index in [0.29, 0.717) is 11.4 Å². The molecule has 0 aliphatic rings. The highest BCUT2D eigenvalue weighted by Crippen LogP contribution is 2.24. The van der Waals surface area contributed by atoms with Gasteiger partial charge >= 0.3 is 0 Å². The van der Waals surface area contributed by atoms with Crippen LogP contribution in [0.5, 0.6) is 0 Å². The third kappa shape index (κ3) is 2.65. The molecule has 0 bridgehead atoms. The summed E-state index contributed by atoms with van der Waals surface area (Å²) in [5, 5.41) is 1.61. The van der Waals surface area contributed by atoms with Crippen molar-refractivity contribution in [2.75, 3.05) is 10.5 Å². The molecule has 1 aromatic carbocycles. The fourth-order valence-electron chi connectivity index (χ4n) is 1.48. The van der Waals surface area contributed by atoms with E-state index in [1.54, 1.807) is 11.4 Å². The second-order valence-corrected chi connectivity index (χ2v) is 6.92. The van der Waals surface area contributed by atoms with Gasteiger partial charge in [-0.05, 0) is 43.2 Å². The molecule has 0 spiro atoms. The Morgan fingerprint density at radius 1 is 1.17 bits per heavy atom. The Labute approximate surface area is 111 Å². The van der Waals surface area contributed by atoms with Gasteiger partial charge in [-0.2, -0.15) is 0 Å². The third-order valence-corrected chi connectivity index (χ3v) is 5.46. The van der Waals surface area contributed by atoms with Crippen LogP contribution < -0.4 is 10.5 Å². The van der Waals surface area contributed by atoms with E-state index in [1.807, 2.05) is 26.0 Å². The minimum atomic E-state index is -3.53. The van der Waals surface area contributed by atoms with Crippen LogP contribution in [-0.2, 0) is 10.0 Å². The van der Waals surface area contributed by atoms with Gasteiger partial charge in [0.1, 0.15) is 4.21 Å². The lowest BCUT2D eigenvalue weighted by Crippen LogP contribution is -2.11. The lowest BCUT2D eigenvalue weighted by atomic mass is 10.1. The van der Waals surface area contributed by atoms with Gasteiger partial charge in [0, 0.05) is 16.8 Å².